The largest absolute Gasteiger partial charge is 0.302 e. The van der Waals surface area contributed by atoms with Crippen molar-refractivity contribution in [3.63, 3.8) is 0 Å². The fraction of sp³-hybridized carbons (Fsp3) is 0.286. The number of nitrogens with one attached hydrogen (secondary N) is 2. The Bertz CT molecular complexity index is 340. The normalized spacial score (nSPS) is 9.38. The molecule has 2 N–H and O–H groups in total. The van der Waals surface area contributed by atoms with Crippen LogP contribution in [0.1, 0.15) is 11.1 Å². The van der Waals surface area contributed by atoms with Crippen LogP contribution in [0.2, 0.25) is 0 Å². The van der Waals surface area contributed by atoms with Crippen LogP contribution >= 0.6 is 0 Å². The van der Waals surface area contributed by atoms with Crippen LogP contribution in [-0.4, -0.2) is 13.1 Å². The summed E-state index contributed by atoms with van der Waals surface area (Å²) in [5, 5.41) is 6.29. The van der Waals surface area contributed by atoms with Gasteiger partial charge in [0.2, 0.25) is 0 Å². The number of hydrogen-bond donors (Lipinski definition) is 2. The third kappa shape index (κ3) is 4.66. The summed E-state index contributed by atoms with van der Waals surface area (Å²) >= 11 is 0. The van der Waals surface area contributed by atoms with Crippen molar-refractivity contribution in [3.05, 3.63) is 35.4 Å². The van der Waals surface area contributed by atoms with Crippen molar-refractivity contribution in [2.24, 2.45) is 0 Å². The van der Waals surface area contributed by atoms with Crippen molar-refractivity contribution < 1.29 is 0 Å². The molecule has 0 bridgehead atoms. The van der Waals surface area contributed by atoms with Gasteiger partial charge in [0.05, 0.1) is 13.1 Å². The first-order chi connectivity index (χ1) is 7.86. The molecule has 0 unspecified atom stereocenters. The summed E-state index contributed by atoms with van der Waals surface area (Å²) in [5.41, 5.74) is 2.46. The molecule has 1 rings (SSSR count). The van der Waals surface area contributed by atoms with Gasteiger partial charge in [0.25, 0.3) is 0 Å². The SMILES string of the molecule is C#CCNCc1ccc(CNCC#C)cc1. The second-order valence-electron chi connectivity index (χ2n) is 3.43. The minimum absolute atomic E-state index is 0.603. The van der Waals surface area contributed by atoms with Gasteiger partial charge >= 0.3 is 0 Å². The number of benzene rings is 1. The van der Waals surface area contributed by atoms with Gasteiger partial charge in [-0.1, -0.05) is 36.1 Å². The smallest absolute Gasteiger partial charge is 0.0576 e. The fourth-order valence-electron chi connectivity index (χ4n) is 1.33. The minimum Gasteiger partial charge on any atom is -0.302 e. The summed E-state index contributed by atoms with van der Waals surface area (Å²) in [6.45, 7) is 2.82. The van der Waals surface area contributed by atoms with Gasteiger partial charge in [0, 0.05) is 13.1 Å². The van der Waals surface area contributed by atoms with Gasteiger partial charge in [-0.15, -0.1) is 12.8 Å². The molecule has 0 aromatic heterocycles. The Balaban J connectivity index is 2.36. The molecule has 0 aliphatic rings. The highest BCUT2D eigenvalue weighted by Gasteiger charge is 1.93. The number of rotatable bonds is 6. The van der Waals surface area contributed by atoms with Crippen LogP contribution in [0.15, 0.2) is 24.3 Å². The molecule has 0 radical (unpaired) electrons. The first kappa shape index (κ1) is 12.3. The molecule has 0 saturated heterocycles. The topological polar surface area (TPSA) is 24.1 Å². The molecular weight excluding hydrogens is 196 g/mol. The van der Waals surface area contributed by atoms with Gasteiger partial charge in [0.15, 0.2) is 0 Å². The summed E-state index contributed by atoms with van der Waals surface area (Å²) in [6, 6.07) is 8.37. The maximum atomic E-state index is 5.15. The zero-order valence-electron chi connectivity index (χ0n) is 9.29. The van der Waals surface area contributed by atoms with E-state index in [0.717, 1.165) is 13.1 Å². The molecule has 1 aromatic carbocycles. The molecule has 2 nitrogen and oxygen atoms in total. The Labute approximate surface area is 97.4 Å². The molecule has 0 atom stereocenters. The third-order valence-electron chi connectivity index (χ3n) is 2.14. The van der Waals surface area contributed by atoms with Gasteiger partial charge in [-0.2, -0.15) is 0 Å². The second-order valence-corrected chi connectivity index (χ2v) is 3.43. The Kier molecular flexibility index (Phi) is 5.81. The predicted octanol–water partition coefficient (Wildman–Crippen LogP) is 1.13. The molecule has 82 valence electrons. The average Bonchev–Trinajstić information content (AvgIpc) is 2.32. The second kappa shape index (κ2) is 7.54. The van der Waals surface area contributed by atoms with Crippen molar-refractivity contribution >= 4 is 0 Å². The van der Waals surface area contributed by atoms with E-state index in [-0.39, 0.29) is 0 Å². The molecule has 0 spiro atoms. The lowest BCUT2D eigenvalue weighted by Crippen LogP contribution is -2.14. The predicted molar refractivity (Wildman–Crippen MR) is 67.5 cm³/mol. The quantitative estimate of drug-likeness (QED) is 0.545. The van der Waals surface area contributed by atoms with Crippen LogP contribution < -0.4 is 10.6 Å². The molecule has 0 heterocycles. The van der Waals surface area contributed by atoms with Crippen molar-refractivity contribution in [1.82, 2.24) is 10.6 Å². The molecule has 1 aromatic rings. The van der Waals surface area contributed by atoms with Crippen LogP contribution in [0.25, 0.3) is 0 Å². The van der Waals surface area contributed by atoms with E-state index in [4.69, 9.17) is 12.8 Å². The molecule has 0 saturated carbocycles. The molecule has 16 heavy (non-hydrogen) atoms. The highest BCUT2D eigenvalue weighted by Crippen LogP contribution is 2.03. The summed E-state index contributed by atoms with van der Waals surface area (Å²) in [4.78, 5) is 0. The Hall–Kier alpha value is -1.74. The molecule has 0 fully saturated rings. The van der Waals surface area contributed by atoms with Gasteiger partial charge in [-0.3, -0.25) is 0 Å². The van der Waals surface area contributed by atoms with Gasteiger partial charge < -0.3 is 10.6 Å². The first-order valence-corrected chi connectivity index (χ1v) is 5.23. The average molecular weight is 212 g/mol. The third-order valence-corrected chi connectivity index (χ3v) is 2.14. The van der Waals surface area contributed by atoms with E-state index >= 15 is 0 Å². The lowest BCUT2D eigenvalue weighted by atomic mass is 10.1. The molecule has 2 heteroatoms. The van der Waals surface area contributed by atoms with Crippen LogP contribution in [0.4, 0.5) is 0 Å². The summed E-state index contributed by atoms with van der Waals surface area (Å²) < 4.78 is 0. The number of terminal acetylenes is 2. The number of hydrogen-bond acceptors (Lipinski definition) is 2. The van der Waals surface area contributed by atoms with Crippen LogP contribution in [0.5, 0.6) is 0 Å². The minimum atomic E-state index is 0.603. The van der Waals surface area contributed by atoms with E-state index in [2.05, 4.69) is 46.7 Å². The summed E-state index contributed by atoms with van der Waals surface area (Å²) in [7, 11) is 0. The lowest BCUT2D eigenvalue weighted by Gasteiger charge is -2.04. The van der Waals surface area contributed by atoms with E-state index in [1.165, 1.54) is 11.1 Å². The fourth-order valence-corrected chi connectivity index (χ4v) is 1.33. The Morgan fingerprint density at radius 3 is 1.50 bits per heavy atom. The van der Waals surface area contributed by atoms with Crippen molar-refractivity contribution in [1.29, 1.82) is 0 Å². The monoisotopic (exact) mass is 212 g/mol. The standard InChI is InChI=1S/C14H16N2/c1-3-9-15-11-13-5-7-14(8-6-13)12-16-10-4-2/h1-2,5-8,15-16H,9-12H2. The molecule has 0 amide bonds. The summed E-state index contributed by atoms with van der Waals surface area (Å²) in [6.07, 6.45) is 10.3. The zero-order chi connectivity index (χ0) is 11.6. The van der Waals surface area contributed by atoms with Crippen LogP contribution in [0, 0.1) is 24.7 Å². The molecular formula is C14H16N2. The summed E-state index contributed by atoms with van der Waals surface area (Å²) in [5.74, 6) is 5.09. The molecule has 0 aliphatic heterocycles. The lowest BCUT2D eigenvalue weighted by molar-refractivity contribution is 0.759. The van der Waals surface area contributed by atoms with Crippen LogP contribution in [0.3, 0.4) is 0 Å². The highest BCUT2D eigenvalue weighted by molar-refractivity contribution is 5.22. The van der Waals surface area contributed by atoms with E-state index < -0.39 is 0 Å². The van der Waals surface area contributed by atoms with Crippen molar-refractivity contribution in [3.8, 4) is 24.7 Å². The van der Waals surface area contributed by atoms with E-state index in [1.807, 2.05) is 0 Å². The van der Waals surface area contributed by atoms with Crippen molar-refractivity contribution in [2.75, 3.05) is 13.1 Å². The van der Waals surface area contributed by atoms with Crippen molar-refractivity contribution in [2.45, 2.75) is 13.1 Å². The zero-order valence-corrected chi connectivity index (χ0v) is 9.29. The maximum Gasteiger partial charge on any atom is 0.0576 e. The van der Waals surface area contributed by atoms with E-state index in [9.17, 15) is 0 Å². The maximum absolute atomic E-state index is 5.15. The van der Waals surface area contributed by atoms with E-state index in [0.29, 0.717) is 13.1 Å². The highest BCUT2D eigenvalue weighted by atomic mass is 14.8. The van der Waals surface area contributed by atoms with Crippen LogP contribution in [-0.2, 0) is 13.1 Å². The molecule has 0 aliphatic carbocycles. The Morgan fingerprint density at radius 1 is 0.812 bits per heavy atom. The van der Waals surface area contributed by atoms with E-state index in [1.54, 1.807) is 0 Å². The Morgan fingerprint density at radius 2 is 1.19 bits per heavy atom. The first-order valence-electron chi connectivity index (χ1n) is 5.23. The van der Waals surface area contributed by atoms with Gasteiger partial charge in [-0.05, 0) is 11.1 Å². The van der Waals surface area contributed by atoms with Gasteiger partial charge in [0.1, 0.15) is 0 Å². The van der Waals surface area contributed by atoms with Gasteiger partial charge in [-0.25, -0.2) is 0 Å².